The number of nitrogens with zero attached hydrogens (tertiary/aromatic N) is 3. The summed E-state index contributed by atoms with van der Waals surface area (Å²) in [5.74, 6) is 2.06. The Morgan fingerprint density at radius 2 is 2.05 bits per heavy atom. The summed E-state index contributed by atoms with van der Waals surface area (Å²) in [5, 5.41) is 0.645. The molecule has 19 heavy (non-hydrogen) atoms. The molecule has 0 bridgehead atoms. The van der Waals surface area contributed by atoms with Gasteiger partial charge in [-0.2, -0.15) is 0 Å². The van der Waals surface area contributed by atoms with Gasteiger partial charge in [0.25, 0.3) is 0 Å². The predicted octanol–water partition coefficient (Wildman–Crippen LogP) is 3.25. The Bertz CT molecular complexity index is 417. The normalized spacial score (nSPS) is 17.7. The van der Waals surface area contributed by atoms with E-state index in [2.05, 4.69) is 28.9 Å². The summed E-state index contributed by atoms with van der Waals surface area (Å²) in [6, 6.07) is 3.85. The third-order valence-corrected chi connectivity index (χ3v) is 4.39. The molecule has 1 saturated heterocycles. The van der Waals surface area contributed by atoms with E-state index in [1.54, 1.807) is 0 Å². The topological polar surface area (TPSA) is 19.4 Å². The molecule has 106 valence electrons. The highest BCUT2D eigenvalue weighted by Gasteiger charge is 2.19. The van der Waals surface area contributed by atoms with Crippen LogP contribution in [-0.4, -0.2) is 43.6 Å². The molecule has 2 heterocycles. The van der Waals surface area contributed by atoms with Crippen molar-refractivity contribution >= 4 is 29.0 Å². The van der Waals surface area contributed by atoms with Crippen LogP contribution in [0.5, 0.6) is 0 Å². The van der Waals surface area contributed by atoms with Crippen molar-refractivity contribution in [3.8, 4) is 0 Å². The van der Waals surface area contributed by atoms with Gasteiger partial charge in [-0.05, 0) is 51.0 Å². The van der Waals surface area contributed by atoms with Crippen molar-refractivity contribution in [2.24, 2.45) is 5.92 Å². The Hall–Kier alpha value is -0.510. The van der Waals surface area contributed by atoms with Crippen molar-refractivity contribution in [2.45, 2.75) is 18.7 Å². The number of halogens is 2. The fraction of sp³-hybridized carbons (Fsp3) is 0.643. The molecule has 0 aliphatic carbocycles. The summed E-state index contributed by atoms with van der Waals surface area (Å²) < 4.78 is 0. The van der Waals surface area contributed by atoms with Crippen LogP contribution in [-0.2, 0) is 5.88 Å². The number of pyridine rings is 1. The first-order valence-corrected chi connectivity index (χ1v) is 7.62. The van der Waals surface area contributed by atoms with Crippen LogP contribution in [0.2, 0.25) is 5.02 Å². The number of hydrogen-bond donors (Lipinski definition) is 0. The van der Waals surface area contributed by atoms with Gasteiger partial charge >= 0.3 is 0 Å². The standard InChI is InChI=1S/C14H21Cl2N3/c1-18-7-5-11(6-8-18)10-19(2)14-4-3-12(16)13(9-15)17-14/h3-4,11H,5-10H2,1-2H3. The van der Waals surface area contributed by atoms with E-state index in [0.29, 0.717) is 10.9 Å². The van der Waals surface area contributed by atoms with Gasteiger partial charge in [-0.15, -0.1) is 11.6 Å². The summed E-state index contributed by atoms with van der Waals surface area (Å²) >= 11 is 11.9. The fourth-order valence-electron chi connectivity index (χ4n) is 2.50. The molecule has 0 aromatic carbocycles. The number of hydrogen-bond acceptors (Lipinski definition) is 3. The van der Waals surface area contributed by atoms with Crippen molar-refractivity contribution in [3.63, 3.8) is 0 Å². The second kappa shape index (κ2) is 6.78. The molecule has 1 fully saturated rings. The van der Waals surface area contributed by atoms with Gasteiger partial charge in [-0.3, -0.25) is 0 Å². The van der Waals surface area contributed by atoms with Crippen molar-refractivity contribution in [3.05, 3.63) is 22.8 Å². The summed E-state index contributed by atoms with van der Waals surface area (Å²) in [5.41, 5.74) is 0.760. The SMILES string of the molecule is CN1CCC(CN(C)c2ccc(Cl)c(CCl)n2)CC1. The Kier molecular flexibility index (Phi) is 5.31. The highest BCUT2D eigenvalue weighted by molar-refractivity contribution is 6.32. The zero-order valence-corrected chi connectivity index (χ0v) is 13.1. The first kappa shape index (κ1) is 14.9. The quantitative estimate of drug-likeness (QED) is 0.796. The van der Waals surface area contributed by atoms with Crippen molar-refractivity contribution < 1.29 is 0 Å². The fourth-order valence-corrected chi connectivity index (χ4v) is 2.95. The van der Waals surface area contributed by atoms with E-state index in [4.69, 9.17) is 23.2 Å². The van der Waals surface area contributed by atoms with Gasteiger partial charge in [-0.1, -0.05) is 11.6 Å². The highest BCUT2D eigenvalue weighted by Crippen LogP contribution is 2.23. The maximum atomic E-state index is 6.04. The maximum Gasteiger partial charge on any atom is 0.128 e. The second-order valence-electron chi connectivity index (χ2n) is 5.36. The lowest BCUT2D eigenvalue weighted by Crippen LogP contribution is -2.36. The average Bonchev–Trinajstić information content (AvgIpc) is 2.42. The molecule has 5 heteroatoms. The largest absolute Gasteiger partial charge is 0.359 e. The summed E-state index contributed by atoms with van der Waals surface area (Å²) in [6.45, 7) is 3.43. The van der Waals surface area contributed by atoms with Crippen molar-refractivity contribution in [1.29, 1.82) is 0 Å². The third-order valence-electron chi connectivity index (χ3n) is 3.79. The van der Waals surface area contributed by atoms with Crippen LogP contribution in [0.4, 0.5) is 5.82 Å². The smallest absolute Gasteiger partial charge is 0.128 e. The predicted molar refractivity (Wildman–Crippen MR) is 82.3 cm³/mol. The minimum absolute atomic E-state index is 0.356. The Morgan fingerprint density at radius 1 is 1.37 bits per heavy atom. The van der Waals surface area contributed by atoms with Gasteiger partial charge in [0, 0.05) is 13.6 Å². The van der Waals surface area contributed by atoms with E-state index in [1.807, 2.05) is 12.1 Å². The van der Waals surface area contributed by atoms with Gasteiger partial charge < -0.3 is 9.80 Å². The molecule has 0 saturated carbocycles. The number of piperidine rings is 1. The first-order valence-electron chi connectivity index (χ1n) is 6.71. The molecule has 3 nitrogen and oxygen atoms in total. The van der Waals surface area contributed by atoms with E-state index in [9.17, 15) is 0 Å². The number of rotatable bonds is 4. The molecule has 0 unspecified atom stereocenters. The zero-order valence-electron chi connectivity index (χ0n) is 11.6. The van der Waals surface area contributed by atoms with Crippen molar-refractivity contribution in [2.75, 3.05) is 38.6 Å². The monoisotopic (exact) mass is 301 g/mol. The maximum absolute atomic E-state index is 6.04. The number of alkyl halides is 1. The minimum Gasteiger partial charge on any atom is -0.359 e. The zero-order chi connectivity index (χ0) is 13.8. The minimum atomic E-state index is 0.356. The van der Waals surface area contributed by atoms with Crippen LogP contribution in [0.3, 0.4) is 0 Å². The first-order chi connectivity index (χ1) is 9.10. The average molecular weight is 302 g/mol. The van der Waals surface area contributed by atoms with E-state index in [0.717, 1.165) is 24.0 Å². The molecule has 2 rings (SSSR count). The van der Waals surface area contributed by atoms with Gasteiger partial charge in [0.05, 0.1) is 16.6 Å². The number of aromatic nitrogens is 1. The van der Waals surface area contributed by atoms with E-state index >= 15 is 0 Å². The highest BCUT2D eigenvalue weighted by atomic mass is 35.5. The lowest BCUT2D eigenvalue weighted by molar-refractivity contribution is 0.222. The molecular formula is C14H21Cl2N3. The Morgan fingerprint density at radius 3 is 2.68 bits per heavy atom. The lowest BCUT2D eigenvalue weighted by Gasteiger charge is -2.32. The Balaban J connectivity index is 1.97. The van der Waals surface area contributed by atoms with Crippen LogP contribution in [0.1, 0.15) is 18.5 Å². The summed E-state index contributed by atoms with van der Waals surface area (Å²) in [4.78, 5) is 9.12. The molecule has 0 atom stereocenters. The second-order valence-corrected chi connectivity index (χ2v) is 6.03. The van der Waals surface area contributed by atoms with Gasteiger partial charge in [0.15, 0.2) is 0 Å². The van der Waals surface area contributed by atoms with Crippen LogP contribution < -0.4 is 4.90 Å². The Labute approximate surface area is 125 Å². The molecule has 1 aromatic rings. The van der Waals surface area contributed by atoms with E-state index in [-0.39, 0.29) is 0 Å². The summed E-state index contributed by atoms with van der Waals surface area (Å²) in [7, 11) is 4.28. The van der Waals surface area contributed by atoms with Crippen LogP contribution in [0, 0.1) is 5.92 Å². The number of anilines is 1. The van der Waals surface area contributed by atoms with E-state index in [1.165, 1.54) is 25.9 Å². The molecule has 0 spiro atoms. The van der Waals surface area contributed by atoms with Crippen LogP contribution >= 0.6 is 23.2 Å². The van der Waals surface area contributed by atoms with Gasteiger partial charge in [0.1, 0.15) is 5.82 Å². The van der Waals surface area contributed by atoms with Crippen molar-refractivity contribution in [1.82, 2.24) is 9.88 Å². The summed E-state index contributed by atoms with van der Waals surface area (Å²) in [6.07, 6.45) is 2.52. The van der Waals surface area contributed by atoms with Crippen LogP contribution in [0.15, 0.2) is 12.1 Å². The molecule has 1 aromatic heterocycles. The molecule has 0 amide bonds. The molecule has 0 radical (unpaired) electrons. The molecule has 1 aliphatic heterocycles. The number of likely N-dealkylation sites (tertiary alicyclic amines) is 1. The lowest BCUT2D eigenvalue weighted by atomic mass is 9.97. The van der Waals surface area contributed by atoms with Crippen LogP contribution in [0.25, 0.3) is 0 Å². The molecule has 1 aliphatic rings. The molecule has 0 N–H and O–H groups in total. The molecular weight excluding hydrogens is 281 g/mol. The van der Waals surface area contributed by atoms with Gasteiger partial charge in [-0.25, -0.2) is 4.98 Å². The van der Waals surface area contributed by atoms with E-state index < -0.39 is 0 Å². The van der Waals surface area contributed by atoms with Gasteiger partial charge in [0.2, 0.25) is 0 Å². The third kappa shape index (κ3) is 3.98.